The van der Waals surface area contributed by atoms with E-state index >= 15 is 8.78 Å². The molecule has 0 aromatic carbocycles. The maximum atomic E-state index is 15.1. The minimum atomic E-state index is -3.12. The fourth-order valence-electron chi connectivity index (χ4n) is 4.67. The summed E-state index contributed by atoms with van der Waals surface area (Å²) in [7, 11) is 0. The Labute approximate surface area is 215 Å². The molecule has 0 spiro atoms. The smallest absolute Gasteiger partial charge is 0.279 e. The average molecular weight is 523 g/mol. The lowest BCUT2D eigenvalue weighted by Gasteiger charge is -2.28. The summed E-state index contributed by atoms with van der Waals surface area (Å²) in [5, 5.41) is 14.4. The Morgan fingerprint density at radius 1 is 1.43 bits per heavy atom. The predicted octanol–water partition coefficient (Wildman–Crippen LogP) is 4.07. The number of aromatic nitrogens is 5. The zero-order valence-corrected chi connectivity index (χ0v) is 20.5. The molecule has 0 aliphatic carbocycles. The van der Waals surface area contributed by atoms with Gasteiger partial charge in [-0.05, 0) is 25.1 Å². The Kier molecular flexibility index (Phi) is 6.13. The van der Waals surface area contributed by atoms with Crippen molar-refractivity contribution < 1.29 is 8.78 Å². The van der Waals surface area contributed by atoms with E-state index in [1.807, 2.05) is 0 Å². The molecule has 1 aliphatic heterocycles. The van der Waals surface area contributed by atoms with E-state index in [4.69, 9.17) is 11.6 Å². The van der Waals surface area contributed by atoms with E-state index in [1.54, 1.807) is 31.3 Å². The van der Waals surface area contributed by atoms with Gasteiger partial charge in [-0.1, -0.05) is 24.2 Å². The van der Waals surface area contributed by atoms with E-state index in [1.165, 1.54) is 38.6 Å². The highest BCUT2D eigenvalue weighted by Crippen LogP contribution is 2.42. The quantitative estimate of drug-likeness (QED) is 0.314. The monoisotopic (exact) mass is 522 g/mol. The molecule has 1 saturated heterocycles. The van der Waals surface area contributed by atoms with Gasteiger partial charge in [0.15, 0.2) is 5.82 Å². The maximum absolute atomic E-state index is 15.1. The molecule has 0 radical (unpaired) electrons. The maximum Gasteiger partial charge on any atom is 0.279 e. The van der Waals surface area contributed by atoms with E-state index in [0.717, 1.165) is 0 Å². The Bertz CT molecular complexity index is 1630. The van der Waals surface area contributed by atoms with Crippen molar-refractivity contribution in [1.82, 2.24) is 29.0 Å². The number of alkyl halides is 2. The molecule has 188 valence electrons. The lowest BCUT2D eigenvalue weighted by molar-refractivity contribution is 0.0163. The van der Waals surface area contributed by atoms with Crippen LogP contribution in [0.25, 0.3) is 5.52 Å². The molecule has 1 aliphatic rings. The Balaban J connectivity index is 1.74. The molecule has 4 aromatic rings. The van der Waals surface area contributed by atoms with Crippen LogP contribution in [0.4, 0.5) is 8.78 Å². The van der Waals surface area contributed by atoms with Crippen LogP contribution < -0.4 is 5.56 Å². The Morgan fingerprint density at radius 2 is 2.24 bits per heavy atom. The van der Waals surface area contributed by atoms with Gasteiger partial charge in [-0.2, -0.15) is 10.4 Å². The third kappa shape index (κ3) is 4.29. The zero-order valence-electron chi connectivity index (χ0n) is 19.7. The van der Waals surface area contributed by atoms with Crippen molar-refractivity contribution in [2.24, 2.45) is 4.99 Å². The standard InChI is InChI=1S/C25H21ClF2N8O/c1-3-30-23(20-15(2)32-12-16(20)11-29)35-14-25(27,28)10-19(35)22-33-36-9-7-18(26)21(36)24(37)34(22)13-17-6-4-5-8-31-17/h3-9,12,19,32H,1,10,13-14H2,2H3/t19-/m0/s1. The SMILES string of the molecule is C=CN=C(c1c(C#N)c[nH]c1C)N1CC(F)(F)C[C@H]1c1nn2ccc(Cl)c2c(=O)n1Cc1ccccn1. The molecule has 37 heavy (non-hydrogen) atoms. The van der Waals surface area contributed by atoms with E-state index in [2.05, 4.69) is 32.7 Å². The van der Waals surface area contributed by atoms with Gasteiger partial charge in [0.1, 0.15) is 17.4 Å². The van der Waals surface area contributed by atoms with Crippen LogP contribution in [-0.2, 0) is 6.54 Å². The Hall–Kier alpha value is -4.30. The first kappa shape index (κ1) is 24.4. The van der Waals surface area contributed by atoms with Gasteiger partial charge in [0, 0.05) is 36.9 Å². The molecule has 1 atom stereocenters. The molecular formula is C25H21ClF2N8O. The molecule has 9 nitrogen and oxygen atoms in total. The molecule has 4 aromatic heterocycles. The summed E-state index contributed by atoms with van der Waals surface area (Å²) in [6.45, 7) is 4.67. The predicted molar refractivity (Wildman–Crippen MR) is 134 cm³/mol. The van der Waals surface area contributed by atoms with Crippen molar-refractivity contribution in [2.45, 2.75) is 31.9 Å². The highest BCUT2D eigenvalue weighted by Gasteiger charge is 2.49. The number of amidine groups is 1. The molecule has 1 N–H and O–H groups in total. The van der Waals surface area contributed by atoms with Crippen LogP contribution in [0.3, 0.4) is 0 Å². The van der Waals surface area contributed by atoms with Gasteiger partial charge in [0.2, 0.25) is 0 Å². The molecule has 1 fully saturated rings. The van der Waals surface area contributed by atoms with Gasteiger partial charge in [-0.25, -0.2) is 18.3 Å². The van der Waals surface area contributed by atoms with Crippen molar-refractivity contribution in [3.05, 3.63) is 99.4 Å². The van der Waals surface area contributed by atoms with Crippen molar-refractivity contribution in [2.75, 3.05) is 6.54 Å². The van der Waals surface area contributed by atoms with Crippen LogP contribution >= 0.6 is 11.6 Å². The number of hydrogen-bond acceptors (Lipinski definition) is 5. The molecule has 0 bridgehead atoms. The third-order valence-corrected chi connectivity index (χ3v) is 6.58. The number of halogens is 3. The summed E-state index contributed by atoms with van der Waals surface area (Å²) >= 11 is 6.26. The average Bonchev–Trinajstić information content (AvgIpc) is 3.54. The highest BCUT2D eigenvalue weighted by atomic mass is 35.5. The summed E-state index contributed by atoms with van der Waals surface area (Å²) in [6, 6.07) is 7.78. The Morgan fingerprint density at radius 3 is 2.95 bits per heavy atom. The van der Waals surface area contributed by atoms with Crippen LogP contribution in [0.2, 0.25) is 5.02 Å². The van der Waals surface area contributed by atoms with Gasteiger partial charge in [-0.3, -0.25) is 14.3 Å². The number of nitrogens with one attached hydrogen (secondary N) is 1. The fourth-order valence-corrected chi connectivity index (χ4v) is 4.90. The summed E-state index contributed by atoms with van der Waals surface area (Å²) in [5.41, 5.74) is 1.40. The van der Waals surface area contributed by atoms with Crippen LogP contribution in [0.15, 0.2) is 65.4 Å². The summed E-state index contributed by atoms with van der Waals surface area (Å²) < 4.78 is 32.8. The highest BCUT2D eigenvalue weighted by molar-refractivity contribution is 6.33. The number of likely N-dealkylation sites (tertiary alicyclic amines) is 1. The van der Waals surface area contributed by atoms with Gasteiger partial charge >= 0.3 is 0 Å². The van der Waals surface area contributed by atoms with Crippen molar-refractivity contribution >= 4 is 23.0 Å². The second-order valence-corrected chi connectivity index (χ2v) is 9.09. The van der Waals surface area contributed by atoms with E-state index < -0.39 is 30.5 Å². The van der Waals surface area contributed by atoms with Gasteiger partial charge < -0.3 is 9.88 Å². The van der Waals surface area contributed by atoms with E-state index in [9.17, 15) is 10.1 Å². The van der Waals surface area contributed by atoms with Gasteiger partial charge in [0.25, 0.3) is 11.5 Å². The van der Waals surface area contributed by atoms with Crippen LogP contribution in [-0.4, -0.2) is 47.4 Å². The number of pyridine rings is 1. The fraction of sp³-hybridized carbons (Fsp3) is 0.240. The number of H-pyrrole nitrogens is 1. The summed E-state index contributed by atoms with van der Waals surface area (Å²) in [5.74, 6) is -2.90. The minimum Gasteiger partial charge on any atom is -0.363 e. The number of aliphatic imine (C=N–C) groups is 1. The molecule has 0 amide bonds. The molecule has 12 heteroatoms. The molecule has 5 heterocycles. The third-order valence-electron chi connectivity index (χ3n) is 6.27. The molecular weight excluding hydrogens is 502 g/mol. The largest absolute Gasteiger partial charge is 0.363 e. The summed E-state index contributed by atoms with van der Waals surface area (Å²) in [4.78, 5) is 26.6. The number of nitriles is 1. The first-order valence-electron chi connectivity index (χ1n) is 11.3. The van der Waals surface area contributed by atoms with Crippen LogP contribution in [0.5, 0.6) is 0 Å². The van der Waals surface area contributed by atoms with Crippen LogP contribution in [0, 0.1) is 18.3 Å². The summed E-state index contributed by atoms with van der Waals surface area (Å²) in [6.07, 6.45) is 5.20. The number of nitrogens with zero attached hydrogens (tertiary/aromatic N) is 7. The van der Waals surface area contributed by atoms with E-state index in [-0.39, 0.29) is 34.3 Å². The van der Waals surface area contributed by atoms with Gasteiger partial charge in [0.05, 0.1) is 41.0 Å². The first-order valence-corrected chi connectivity index (χ1v) is 11.7. The number of aromatic amines is 1. The lowest BCUT2D eigenvalue weighted by Crippen LogP contribution is -2.38. The number of aryl methyl sites for hydroxylation is 1. The van der Waals surface area contributed by atoms with E-state index in [0.29, 0.717) is 17.0 Å². The van der Waals surface area contributed by atoms with Crippen LogP contribution in [0.1, 0.15) is 40.8 Å². The van der Waals surface area contributed by atoms with Crippen molar-refractivity contribution in [3.63, 3.8) is 0 Å². The number of hydrogen-bond donors (Lipinski definition) is 1. The molecule has 5 rings (SSSR count). The van der Waals surface area contributed by atoms with Gasteiger partial charge in [-0.15, -0.1) is 0 Å². The second kappa shape index (κ2) is 9.29. The second-order valence-electron chi connectivity index (χ2n) is 8.68. The topological polar surface area (TPSA) is 107 Å². The zero-order chi connectivity index (χ0) is 26.3. The van der Waals surface area contributed by atoms with Crippen molar-refractivity contribution in [1.29, 1.82) is 5.26 Å². The normalized spacial score (nSPS) is 17.3. The molecule has 0 unspecified atom stereocenters. The first-order chi connectivity index (χ1) is 17.7. The number of fused-ring (bicyclic) bond motifs is 1. The lowest BCUT2D eigenvalue weighted by atomic mass is 10.1. The minimum absolute atomic E-state index is 0.00348. The molecule has 0 saturated carbocycles. The number of rotatable bonds is 5. The van der Waals surface area contributed by atoms with Crippen molar-refractivity contribution in [3.8, 4) is 6.07 Å².